The minimum absolute atomic E-state index is 0.359. The molecule has 1 aromatic rings. The summed E-state index contributed by atoms with van der Waals surface area (Å²) in [6.45, 7) is 1.29. The van der Waals surface area contributed by atoms with Crippen molar-refractivity contribution in [1.82, 2.24) is 9.97 Å². The van der Waals surface area contributed by atoms with Crippen LogP contribution in [0.2, 0.25) is 0 Å². The summed E-state index contributed by atoms with van der Waals surface area (Å²) in [5.41, 5.74) is 0. The highest BCUT2D eigenvalue weighted by atomic mass is 79.9. The van der Waals surface area contributed by atoms with Gasteiger partial charge in [0.1, 0.15) is 0 Å². The Bertz CT molecular complexity index is 350. The van der Waals surface area contributed by atoms with Crippen LogP contribution in [0.15, 0.2) is 16.9 Å². The molecule has 0 amide bonds. The van der Waals surface area contributed by atoms with Crippen LogP contribution >= 0.6 is 15.9 Å². The summed E-state index contributed by atoms with van der Waals surface area (Å²) in [7, 11) is 0. The Morgan fingerprint density at radius 3 is 2.39 bits per heavy atom. The maximum Gasteiger partial charge on any atom is 0.222 e. The number of anilines is 1. The van der Waals surface area contributed by atoms with Crippen LogP contribution in [0.5, 0.6) is 0 Å². The molecule has 1 aliphatic rings. The van der Waals surface area contributed by atoms with Gasteiger partial charge in [0, 0.05) is 25.5 Å². The lowest BCUT2D eigenvalue weighted by molar-refractivity contribution is 0.165. The fourth-order valence-electron chi connectivity index (χ4n) is 2.49. The van der Waals surface area contributed by atoms with Gasteiger partial charge in [0.05, 0.1) is 4.47 Å². The molecule has 1 saturated carbocycles. The zero-order valence-corrected chi connectivity index (χ0v) is 12.1. The van der Waals surface area contributed by atoms with Crippen LogP contribution in [0.4, 0.5) is 5.95 Å². The first kappa shape index (κ1) is 13.7. The van der Waals surface area contributed by atoms with Gasteiger partial charge in [-0.15, -0.1) is 0 Å². The van der Waals surface area contributed by atoms with E-state index in [9.17, 15) is 0 Å². The zero-order chi connectivity index (χ0) is 12.8. The van der Waals surface area contributed by atoms with Crippen molar-refractivity contribution < 1.29 is 5.11 Å². The van der Waals surface area contributed by atoms with E-state index in [1.807, 2.05) is 0 Å². The first-order valence-corrected chi connectivity index (χ1v) is 7.39. The Morgan fingerprint density at radius 1 is 1.17 bits per heavy atom. The molecule has 18 heavy (non-hydrogen) atoms. The number of rotatable bonds is 5. The molecule has 4 nitrogen and oxygen atoms in total. The number of hydrogen-bond acceptors (Lipinski definition) is 4. The van der Waals surface area contributed by atoms with Gasteiger partial charge < -0.3 is 10.4 Å². The molecule has 2 N–H and O–H groups in total. The lowest BCUT2D eigenvalue weighted by Gasteiger charge is -2.27. The maximum atomic E-state index is 9.09. The van der Waals surface area contributed by atoms with Gasteiger partial charge in [0.25, 0.3) is 0 Å². The third-order valence-electron chi connectivity index (χ3n) is 3.68. The van der Waals surface area contributed by atoms with Gasteiger partial charge in [-0.25, -0.2) is 9.97 Å². The van der Waals surface area contributed by atoms with E-state index < -0.39 is 0 Å². The number of aliphatic hydroxyl groups excluding tert-OH is 1. The molecule has 0 bridgehead atoms. The normalized spacial score (nSPS) is 23.9. The monoisotopic (exact) mass is 313 g/mol. The van der Waals surface area contributed by atoms with Gasteiger partial charge in [-0.05, 0) is 47.0 Å². The number of hydrogen-bond donors (Lipinski definition) is 2. The van der Waals surface area contributed by atoms with Crippen LogP contribution in [-0.4, -0.2) is 28.2 Å². The first-order valence-electron chi connectivity index (χ1n) is 6.60. The lowest BCUT2D eigenvalue weighted by atomic mass is 9.81. The quantitative estimate of drug-likeness (QED) is 0.877. The molecule has 100 valence electrons. The van der Waals surface area contributed by atoms with Crippen LogP contribution in [0.1, 0.15) is 32.1 Å². The molecule has 1 aliphatic carbocycles. The Labute approximate surface area is 116 Å². The highest BCUT2D eigenvalue weighted by molar-refractivity contribution is 9.10. The van der Waals surface area contributed by atoms with Crippen LogP contribution < -0.4 is 5.32 Å². The Hall–Kier alpha value is -0.680. The Kier molecular flexibility index (Phi) is 5.38. The van der Waals surface area contributed by atoms with E-state index in [0.29, 0.717) is 18.5 Å². The van der Waals surface area contributed by atoms with E-state index in [1.54, 1.807) is 12.4 Å². The van der Waals surface area contributed by atoms with Crippen molar-refractivity contribution in [2.24, 2.45) is 11.8 Å². The van der Waals surface area contributed by atoms with Gasteiger partial charge in [0.15, 0.2) is 0 Å². The van der Waals surface area contributed by atoms with Crippen molar-refractivity contribution in [3.05, 3.63) is 16.9 Å². The summed E-state index contributed by atoms with van der Waals surface area (Å²) >= 11 is 3.32. The summed E-state index contributed by atoms with van der Waals surface area (Å²) < 4.78 is 0.898. The third kappa shape index (κ3) is 4.21. The van der Waals surface area contributed by atoms with Crippen LogP contribution in [0.25, 0.3) is 0 Å². The molecule has 5 heteroatoms. The van der Waals surface area contributed by atoms with E-state index in [4.69, 9.17) is 5.11 Å². The lowest BCUT2D eigenvalue weighted by Crippen LogP contribution is -2.19. The Morgan fingerprint density at radius 2 is 1.78 bits per heavy atom. The highest BCUT2D eigenvalue weighted by Gasteiger charge is 2.20. The molecule has 0 saturated heterocycles. The number of aromatic nitrogens is 2. The van der Waals surface area contributed by atoms with Crippen molar-refractivity contribution in [2.75, 3.05) is 18.5 Å². The maximum absolute atomic E-state index is 9.09. The van der Waals surface area contributed by atoms with Gasteiger partial charge in [-0.2, -0.15) is 0 Å². The molecule has 1 heterocycles. The SMILES string of the molecule is OC[C@H]1CC[C@H](CCNc2ncc(Br)cn2)CC1. The minimum Gasteiger partial charge on any atom is -0.396 e. The predicted molar refractivity (Wildman–Crippen MR) is 75.4 cm³/mol. The Balaban J connectivity index is 1.65. The standard InChI is InChI=1S/C13H20BrN3O/c14-12-7-16-13(17-8-12)15-6-5-10-1-3-11(9-18)4-2-10/h7-8,10-11,18H,1-6,9H2,(H,15,16,17)/t10-,11-. The van der Waals surface area contributed by atoms with E-state index in [1.165, 1.54) is 25.7 Å². The summed E-state index contributed by atoms with van der Waals surface area (Å²) in [6.07, 6.45) is 9.51. The molecule has 0 atom stereocenters. The summed E-state index contributed by atoms with van der Waals surface area (Å²) in [6, 6.07) is 0. The number of aliphatic hydroxyl groups is 1. The van der Waals surface area contributed by atoms with Crippen LogP contribution in [0.3, 0.4) is 0 Å². The number of halogens is 1. The van der Waals surface area contributed by atoms with E-state index in [2.05, 4.69) is 31.2 Å². The highest BCUT2D eigenvalue weighted by Crippen LogP contribution is 2.30. The van der Waals surface area contributed by atoms with Crippen LogP contribution in [-0.2, 0) is 0 Å². The summed E-state index contributed by atoms with van der Waals surface area (Å²) in [5, 5.41) is 12.3. The molecular formula is C13H20BrN3O. The molecule has 2 rings (SSSR count). The molecule has 1 aromatic heterocycles. The predicted octanol–water partition coefficient (Wildman–Crippen LogP) is 2.84. The average Bonchev–Trinajstić information content (AvgIpc) is 2.42. The fourth-order valence-corrected chi connectivity index (χ4v) is 2.70. The molecule has 0 radical (unpaired) electrons. The van der Waals surface area contributed by atoms with Crippen molar-refractivity contribution >= 4 is 21.9 Å². The smallest absolute Gasteiger partial charge is 0.222 e. The van der Waals surface area contributed by atoms with Gasteiger partial charge in [0.2, 0.25) is 5.95 Å². The molecule has 0 unspecified atom stereocenters. The number of nitrogens with zero attached hydrogens (tertiary/aromatic N) is 2. The summed E-state index contributed by atoms with van der Waals surface area (Å²) in [5.74, 6) is 2.03. The average molecular weight is 314 g/mol. The number of nitrogens with one attached hydrogen (secondary N) is 1. The van der Waals surface area contributed by atoms with Crippen LogP contribution in [0, 0.1) is 11.8 Å². The van der Waals surface area contributed by atoms with E-state index >= 15 is 0 Å². The molecule has 1 fully saturated rings. The largest absolute Gasteiger partial charge is 0.396 e. The third-order valence-corrected chi connectivity index (χ3v) is 4.09. The topological polar surface area (TPSA) is 58.0 Å². The van der Waals surface area contributed by atoms with Crippen molar-refractivity contribution in [1.29, 1.82) is 0 Å². The van der Waals surface area contributed by atoms with Crippen molar-refractivity contribution in [3.63, 3.8) is 0 Å². The fraction of sp³-hybridized carbons (Fsp3) is 0.692. The van der Waals surface area contributed by atoms with Gasteiger partial charge in [-0.3, -0.25) is 0 Å². The molecule has 0 aliphatic heterocycles. The first-order chi connectivity index (χ1) is 8.78. The van der Waals surface area contributed by atoms with Gasteiger partial charge in [-0.1, -0.05) is 12.8 Å². The molecule has 0 spiro atoms. The van der Waals surface area contributed by atoms with Gasteiger partial charge >= 0.3 is 0 Å². The second kappa shape index (κ2) is 7.04. The van der Waals surface area contributed by atoms with Crippen molar-refractivity contribution in [2.45, 2.75) is 32.1 Å². The zero-order valence-electron chi connectivity index (χ0n) is 10.5. The molecule has 0 aromatic carbocycles. The second-order valence-electron chi connectivity index (χ2n) is 5.01. The molecular weight excluding hydrogens is 294 g/mol. The second-order valence-corrected chi connectivity index (χ2v) is 5.93. The summed E-state index contributed by atoms with van der Waals surface area (Å²) in [4.78, 5) is 8.37. The minimum atomic E-state index is 0.359. The van der Waals surface area contributed by atoms with E-state index in [-0.39, 0.29) is 0 Å². The van der Waals surface area contributed by atoms with E-state index in [0.717, 1.165) is 23.4 Å². The van der Waals surface area contributed by atoms with Crippen molar-refractivity contribution in [3.8, 4) is 0 Å².